The number of carbonyl (C=O) groups excluding carboxylic acids is 1. The highest BCUT2D eigenvalue weighted by Gasteiger charge is 2.07. The molecule has 2 heterocycles. The Bertz CT molecular complexity index is 1120. The number of benzene rings is 2. The van der Waals surface area contributed by atoms with Gasteiger partial charge in [-0.3, -0.25) is 4.79 Å². The van der Waals surface area contributed by atoms with E-state index in [0.29, 0.717) is 28.7 Å². The molecule has 8 heteroatoms. The molecule has 0 unspecified atom stereocenters. The van der Waals surface area contributed by atoms with Crippen LogP contribution in [0.4, 0.5) is 10.1 Å². The first-order valence-corrected chi connectivity index (χ1v) is 8.78. The van der Waals surface area contributed by atoms with Gasteiger partial charge in [0.25, 0.3) is 5.91 Å². The van der Waals surface area contributed by atoms with Gasteiger partial charge < -0.3 is 10.1 Å². The van der Waals surface area contributed by atoms with E-state index >= 15 is 0 Å². The largest absolute Gasteiger partial charge is 0.438 e. The van der Waals surface area contributed by atoms with Crippen molar-refractivity contribution in [1.29, 1.82) is 0 Å². The van der Waals surface area contributed by atoms with E-state index in [1.54, 1.807) is 47.3 Å². The molecular weight excluding hydrogens is 373 g/mol. The molecule has 1 amide bonds. The van der Waals surface area contributed by atoms with Crippen molar-refractivity contribution in [3.63, 3.8) is 0 Å². The highest BCUT2D eigenvalue weighted by atomic mass is 19.1. The summed E-state index contributed by atoms with van der Waals surface area (Å²) in [6, 6.07) is 17.5. The number of hydrogen-bond donors (Lipinski definition) is 1. The smallest absolute Gasteiger partial charge is 0.255 e. The van der Waals surface area contributed by atoms with Gasteiger partial charge in [-0.25, -0.2) is 9.07 Å². The summed E-state index contributed by atoms with van der Waals surface area (Å²) in [5, 5.41) is 15.2. The van der Waals surface area contributed by atoms with Crippen LogP contribution in [-0.4, -0.2) is 25.9 Å². The van der Waals surface area contributed by atoms with Crippen LogP contribution in [0.3, 0.4) is 0 Å². The van der Waals surface area contributed by atoms with E-state index in [4.69, 9.17) is 4.74 Å². The standard InChI is InChI=1S/C21H16FN5O2/c1-14-12-13-27(26-14)19-10-11-20(25-24-19)29-18-8-6-17(7-9-18)23-21(28)15-2-4-16(22)5-3-15/h2-13H,1H3,(H,23,28). The Morgan fingerprint density at radius 2 is 1.72 bits per heavy atom. The van der Waals surface area contributed by atoms with E-state index in [1.807, 2.05) is 13.0 Å². The van der Waals surface area contributed by atoms with Gasteiger partial charge in [-0.15, -0.1) is 10.2 Å². The summed E-state index contributed by atoms with van der Waals surface area (Å²) in [7, 11) is 0. The van der Waals surface area contributed by atoms with E-state index in [0.717, 1.165) is 5.69 Å². The number of carbonyl (C=O) groups is 1. The molecule has 0 bridgehead atoms. The third-order valence-corrected chi connectivity index (χ3v) is 4.02. The summed E-state index contributed by atoms with van der Waals surface area (Å²) in [5.41, 5.74) is 1.84. The molecule has 29 heavy (non-hydrogen) atoms. The van der Waals surface area contributed by atoms with Gasteiger partial charge in [-0.2, -0.15) is 5.10 Å². The Morgan fingerprint density at radius 1 is 0.966 bits per heavy atom. The Kier molecular flexibility index (Phi) is 4.98. The molecule has 0 aliphatic rings. The van der Waals surface area contributed by atoms with Crippen LogP contribution < -0.4 is 10.1 Å². The number of rotatable bonds is 5. The van der Waals surface area contributed by atoms with Gasteiger partial charge in [-0.1, -0.05) is 0 Å². The average Bonchev–Trinajstić information content (AvgIpc) is 3.17. The van der Waals surface area contributed by atoms with Crippen LogP contribution in [0.5, 0.6) is 11.6 Å². The number of halogens is 1. The molecule has 2 aromatic carbocycles. The lowest BCUT2D eigenvalue weighted by atomic mass is 10.2. The zero-order valence-corrected chi connectivity index (χ0v) is 15.4. The van der Waals surface area contributed by atoms with Gasteiger partial charge in [0.2, 0.25) is 5.88 Å². The van der Waals surface area contributed by atoms with E-state index in [9.17, 15) is 9.18 Å². The molecule has 1 N–H and O–H groups in total. The fourth-order valence-corrected chi connectivity index (χ4v) is 2.56. The molecule has 0 aliphatic heterocycles. The SMILES string of the molecule is Cc1ccn(-c2ccc(Oc3ccc(NC(=O)c4ccc(F)cc4)cc3)nn2)n1. The zero-order valence-electron chi connectivity index (χ0n) is 15.4. The van der Waals surface area contributed by atoms with E-state index in [-0.39, 0.29) is 11.7 Å². The van der Waals surface area contributed by atoms with Gasteiger partial charge in [-0.05, 0) is 67.6 Å². The van der Waals surface area contributed by atoms with Crippen LogP contribution in [0, 0.1) is 12.7 Å². The fourth-order valence-electron chi connectivity index (χ4n) is 2.56. The van der Waals surface area contributed by atoms with E-state index in [1.165, 1.54) is 24.3 Å². The molecule has 4 aromatic rings. The summed E-state index contributed by atoms with van der Waals surface area (Å²) in [5.74, 6) is 0.750. The number of ether oxygens (including phenoxy) is 1. The minimum absolute atomic E-state index is 0.325. The maximum absolute atomic E-state index is 13.0. The molecule has 0 fully saturated rings. The molecule has 0 spiro atoms. The normalized spacial score (nSPS) is 10.6. The molecule has 0 saturated heterocycles. The van der Waals surface area contributed by atoms with Crippen molar-refractivity contribution in [2.45, 2.75) is 6.92 Å². The monoisotopic (exact) mass is 389 g/mol. The number of hydrogen-bond acceptors (Lipinski definition) is 5. The zero-order chi connectivity index (χ0) is 20.2. The Morgan fingerprint density at radius 3 is 2.34 bits per heavy atom. The second-order valence-electron chi connectivity index (χ2n) is 6.22. The van der Waals surface area contributed by atoms with Crippen LogP contribution in [0.2, 0.25) is 0 Å². The van der Waals surface area contributed by atoms with Crippen molar-refractivity contribution in [2.75, 3.05) is 5.32 Å². The van der Waals surface area contributed by atoms with Crippen LogP contribution in [0.1, 0.15) is 16.1 Å². The molecule has 0 aliphatic carbocycles. The number of anilines is 1. The van der Waals surface area contributed by atoms with Gasteiger partial charge in [0.1, 0.15) is 11.6 Å². The third kappa shape index (κ3) is 4.44. The first-order chi connectivity index (χ1) is 14.1. The second-order valence-corrected chi connectivity index (χ2v) is 6.22. The number of amides is 1. The van der Waals surface area contributed by atoms with Crippen LogP contribution >= 0.6 is 0 Å². The molecule has 0 atom stereocenters. The maximum atomic E-state index is 13.0. The maximum Gasteiger partial charge on any atom is 0.255 e. The fraction of sp³-hybridized carbons (Fsp3) is 0.0476. The second kappa shape index (κ2) is 7.89. The first kappa shape index (κ1) is 18.3. The summed E-state index contributed by atoms with van der Waals surface area (Å²) < 4.78 is 20.3. The number of aryl methyl sites for hydroxylation is 1. The van der Waals surface area contributed by atoms with Gasteiger partial charge in [0, 0.05) is 23.5 Å². The van der Waals surface area contributed by atoms with Crippen LogP contribution in [0.15, 0.2) is 72.9 Å². The third-order valence-electron chi connectivity index (χ3n) is 4.02. The predicted octanol–water partition coefficient (Wildman–Crippen LogP) is 4.15. The highest BCUT2D eigenvalue weighted by Crippen LogP contribution is 2.22. The molecule has 2 aromatic heterocycles. The average molecular weight is 389 g/mol. The highest BCUT2D eigenvalue weighted by molar-refractivity contribution is 6.04. The minimum Gasteiger partial charge on any atom is -0.438 e. The molecule has 0 saturated carbocycles. The van der Waals surface area contributed by atoms with Crippen molar-refractivity contribution in [1.82, 2.24) is 20.0 Å². The van der Waals surface area contributed by atoms with E-state index < -0.39 is 0 Å². The van der Waals surface area contributed by atoms with Gasteiger partial charge >= 0.3 is 0 Å². The first-order valence-electron chi connectivity index (χ1n) is 8.78. The number of nitrogens with zero attached hydrogens (tertiary/aromatic N) is 4. The molecule has 7 nitrogen and oxygen atoms in total. The molecule has 144 valence electrons. The van der Waals surface area contributed by atoms with Crippen molar-refractivity contribution >= 4 is 11.6 Å². The van der Waals surface area contributed by atoms with Crippen molar-refractivity contribution in [3.8, 4) is 17.4 Å². The minimum atomic E-state index is -0.390. The van der Waals surface area contributed by atoms with Gasteiger partial charge in [0.05, 0.1) is 5.69 Å². The summed E-state index contributed by atoms with van der Waals surface area (Å²) >= 11 is 0. The molecular formula is C21H16FN5O2. The predicted molar refractivity (Wildman–Crippen MR) is 105 cm³/mol. The topological polar surface area (TPSA) is 81.9 Å². The summed E-state index contributed by atoms with van der Waals surface area (Å²) in [4.78, 5) is 12.2. The lowest BCUT2D eigenvalue weighted by Crippen LogP contribution is -2.11. The van der Waals surface area contributed by atoms with Crippen LogP contribution in [-0.2, 0) is 0 Å². The Balaban J connectivity index is 1.39. The van der Waals surface area contributed by atoms with Gasteiger partial charge in [0.15, 0.2) is 5.82 Å². The molecule has 0 radical (unpaired) electrons. The number of nitrogens with one attached hydrogen (secondary N) is 1. The quantitative estimate of drug-likeness (QED) is 0.554. The summed E-state index contributed by atoms with van der Waals surface area (Å²) in [6.45, 7) is 1.90. The van der Waals surface area contributed by atoms with Crippen molar-refractivity contribution in [3.05, 3.63) is 90.0 Å². The lowest BCUT2D eigenvalue weighted by Gasteiger charge is -2.08. The Labute approximate surface area is 165 Å². The lowest BCUT2D eigenvalue weighted by molar-refractivity contribution is 0.102. The van der Waals surface area contributed by atoms with Crippen molar-refractivity contribution in [2.24, 2.45) is 0 Å². The molecule has 4 rings (SSSR count). The summed E-state index contributed by atoms with van der Waals surface area (Å²) in [6.07, 6.45) is 1.80. The van der Waals surface area contributed by atoms with Crippen molar-refractivity contribution < 1.29 is 13.9 Å². The Hall–Kier alpha value is -4.07. The van der Waals surface area contributed by atoms with E-state index in [2.05, 4.69) is 20.6 Å². The van der Waals surface area contributed by atoms with Crippen LogP contribution in [0.25, 0.3) is 5.82 Å². The number of aromatic nitrogens is 4.